The molecule has 120 valence electrons. The molecule has 2 rings (SSSR count). The molecule has 0 unspecified atom stereocenters. The standard InChI is InChI=1S/C14H22F3N3O/c1-9-12(13(21-3)20(2)19-9)8-18-11-6-4-5-10(7-11)14(15,16)17/h10-11,18H,4-8H2,1-3H3/t10-,11-/m1/s1. The van der Waals surface area contributed by atoms with Crippen LogP contribution in [0.4, 0.5) is 13.2 Å². The Bertz CT molecular complexity index is 485. The average Bonchev–Trinajstić information content (AvgIpc) is 2.69. The molecule has 0 spiro atoms. The summed E-state index contributed by atoms with van der Waals surface area (Å²) in [7, 11) is 3.36. The fourth-order valence-electron chi connectivity index (χ4n) is 3.06. The summed E-state index contributed by atoms with van der Waals surface area (Å²) in [5, 5.41) is 7.51. The highest BCUT2D eigenvalue weighted by molar-refractivity contribution is 5.30. The lowest BCUT2D eigenvalue weighted by atomic mass is 9.85. The van der Waals surface area contributed by atoms with E-state index in [1.165, 1.54) is 0 Å². The van der Waals surface area contributed by atoms with E-state index in [0.717, 1.165) is 17.7 Å². The monoisotopic (exact) mass is 305 g/mol. The first kappa shape index (κ1) is 16.1. The molecule has 1 aromatic heterocycles. The van der Waals surface area contributed by atoms with Crippen molar-refractivity contribution in [3.05, 3.63) is 11.3 Å². The Labute approximate surface area is 122 Å². The molecule has 0 saturated heterocycles. The highest BCUT2D eigenvalue weighted by Crippen LogP contribution is 2.37. The molecule has 1 aromatic rings. The molecular formula is C14H22F3N3O. The molecule has 0 bridgehead atoms. The first-order chi connectivity index (χ1) is 9.82. The van der Waals surface area contributed by atoms with Gasteiger partial charge in [-0.05, 0) is 26.2 Å². The minimum Gasteiger partial charge on any atom is -0.481 e. The minimum atomic E-state index is -4.08. The number of alkyl halides is 3. The van der Waals surface area contributed by atoms with Crippen molar-refractivity contribution in [1.82, 2.24) is 15.1 Å². The summed E-state index contributed by atoms with van der Waals surface area (Å²) < 4.78 is 45.3. The van der Waals surface area contributed by atoms with Crippen LogP contribution in [0.5, 0.6) is 5.88 Å². The second-order valence-corrected chi connectivity index (χ2v) is 5.68. The lowest BCUT2D eigenvalue weighted by Crippen LogP contribution is -2.38. The molecule has 0 amide bonds. The van der Waals surface area contributed by atoms with Crippen LogP contribution in [0.2, 0.25) is 0 Å². The highest BCUT2D eigenvalue weighted by atomic mass is 19.4. The third-order valence-corrected chi connectivity index (χ3v) is 4.19. The summed E-state index contributed by atoms with van der Waals surface area (Å²) >= 11 is 0. The summed E-state index contributed by atoms with van der Waals surface area (Å²) in [4.78, 5) is 0. The lowest BCUT2D eigenvalue weighted by molar-refractivity contribution is -0.183. The molecular weight excluding hydrogens is 283 g/mol. The summed E-state index contributed by atoms with van der Waals surface area (Å²) in [5.41, 5.74) is 1.75. The third kappa shape index (κ3) is 3.70. The van der Waals surface area contributed by atoms with E-state index < -0.39 is 12.1 Å². The van der Waals surface area contributed by atoms with Gasteiger partial charge in [-0.1, -0.05) is 6.42 Å². The second-order valence-electron chi connectivity index (χ2n) is 5.68. The number of nitrogens with one attached hydrogen (secondary N) is 1. The van der Waals surface area contributed by atoms with Gasteiger partial charge in [0.05, 0.1) is 24.3 Å². The van der Waals surface area contributed by atoms with Gasteiger partial charge in [-0.2, -0.15) is 18.3 Å². The summed E-state index contributed by atoms with van der Waals surface area (Å²) in [6, 6.07) is -0.102. The fraction of sp³-hybridized carbons (Fsp3) is 0.786. The molecule has 7 heteroatoms. The molecule has 21 heavy (non-hydrogen) atoms. The van der Waals surface area contributed by atoms with Crippen molar-refractivity contribution >= 4 is 0 Å². The maximum absolute atomic E-state index is 12.8. The lowest BCUT2D eigenvalue weighted by Gasteiger charge is -2.31. The predicted molar refractivity (Wildman–Crippen MR) is 73.1 cm³/mol. The van der Waals surface area contributed by atoms with Gasteiger partial charge >= 0.3 is 6.18 Å². The van der Waals surface area contributed by atoms with E-state index in [9.17, 15) is 13.2 Å². The van der Waals surface area contributed by atoms with Crippen LogP contribution in [0.3, 0.4) is 0 Å². The second kappa shape index (κ2) is 6.25. The van der Waals surface area contributed by atoms with Gasteiger partial charge in [0.15, 0.2) is 0 Å². The number of aromatic nitrogens is 2. The first-order valence-corrected chi connectivity index (χ1v) is 7.19. The van der Waals surface area contributed by atoms with Gasteiger partial charge < -0.3 is 10.1 Å². The Morgan fingerprint density at radius 1 is 1.38 bits per heavy atom. The van der Waals surface area contributed by atoms with Crippen LogP contribution in [0.1, 0.15) is 36.9 Å². The highest BCUT2D eigenvalue weighted by Gasteiger charge is 2.42. The van der Waals surface area contributed by atoms with E-state index in [0.29, 0.717) is 18.8 Å². The van der Waals surface area contributed by atoms with Gasteiger partial charge in [0, 0.05) is 19.6 Å². The largest absolute Gasteiger partial charge is 0.481 e. The molecule has 1 saturated carbocycles. The van der Waals surface area contributed by atoms with Gasteiger partial charge in [0.25, 0.3) is 0 Å². The number of ether oxygens (including phenoxy) is 1. The van der Waals surface area contributed by atoms with E-state index in [-0.39, 0.29) is 18.9 Å². The number of hydrogen-bond donors (Lipinski definition) is 1. The zero-order chi connectivity index (χ0) is 15.6. The quantitative estimate of drug-likeness (QED) is 0.929. The molecule has 1 aliphatic rings. The van der Waals surface area contributed by atoms with E-state index >= 15 is 0 Å². The number of rotatable bonds is 4. The minimum absolute atomic E-state index is 0.102. The van der Waals surface area contributed by atoms with Crippen LogP contribution >= 0.6 is 0 Å². The first-order valence-electron chi connectivity index (χ1n) is 7.19. The van der Waals surface area contributed by atoms with Crippen LogP contribution in [-0.2, 0) is 13.6 Å². The van der Waals surface area contributed by atoms with Gasteiger partial charge in [0.1, 0.15) is 0 Å². The normalized spacial score (nSPS) is 23.3. The summed E-state index contributed by atoms with van der Waals surface area (Å²) in [5.74, 6) is -0.524. The zero-order valence-corrected chi connectivity index (χ0v) is 12.6. The smallest absolute Gasteiger partial charge is 0.391 e. The Morgan fingerprint density at radius 3 is 2.71 bits per heavy atom. The Hall–Kier alpha value is -1.24. The molecule has 1 heterocycles. The van der Waals surface area contributed by atoms with Crippen LogP contribution in [0.25, 0.3) is 0 Å². The number of hydrogen-bond acceptors (Lipinski definition) is 3. The van der Waals surface area contributed by atoms with E-state index in [1.807, 2.05) is 6.92 Å². The van der Waals surface area contributed by atoms with Crippen LogP contribution in [-0.4, -0.2) is 29.1 Å². The van der Waals surface area contributed by atoms with Crippen molar-refractivity contribution in [2.75, 3.05) is 7.11 Å². The molecule has 4 nitrogen and oxygen atoms in total. The predicted octanol–water partition coefficient (Wildman–Crippen LogP) is 2.95. The molecule has 2 atom stereocenters. The van der Waals surface area contributed by atoms with E-state index in [2.05, 4.69) is 10.4 Å². The van der Waals surface area contributed by atoms with E-state index in [1.54, 1.807) is 18.8 Å². The third-order valence-electron chi connectivity index (χ3n) is 4.19. The molecule has 1 aliphatic carbocycles. The maximum atomic E-state index is 12.8. The fourth-order valence-corrected chi connectivity index (χ4v) is 3.06. The topological polar surface area (TPSA) is 39.1 Å². The van der Waals surface area contributed by atoms with Crippen molar-refractivity contribution in [3.8, 4) is 5.88 Å². The molecule has 1 N–H and O–H groups in total. The van der Waals surface area contributed by atoms with E-state index in [4.69, 9.17) is 4.74 Å². The Kier molecular flexibility index (Phi) is 4.81. The van der Waals surface area contributed by atoms with Crippen LogP contribution < -0.4 is 10.1 Å². The van der Waals surface area contributed by atoms with Gasteiger partial charge in [-0.15, -0.1) is 0 Å². The van der Waals surface area contributed by atoms with Crippen molar-refractivity contribution in [2.45, 2.75) is 51.4 Å². The van der Waals surface area contributed by atoms with Gasteiger partial charge in [-0.25, -0.2) is 4.68 Å². The van der Waals surface area contributed by atoms with Crippen molar-refractivity contribution in [2.24, 2.45) is 13.0 Å². The maximum Gasteiger partial charge on any atom is 0.391 e. The molecule has 0 radical (unpaired) electrons. The van der Waals surface area contributed by atoms with Gasteiger partial charge in [-0.3, -0.25) is 0 Å². The zero-order valence-electron chi connectivity index (χ0n) is 12.6. The average molecular weight is 305 g/mol. The summed E-state index contributed by atoms with van der Waals surface area (Å²) in [6.45, 7) is 2.36. The number of halogens is 3. The Morgan fingerprint density at radius 2 is 2.10 bits per heavy atom. The van der Waals surface area contributed by atoms with Crippen molar-refractivity contribution < 1.29 is 17.9 Å². The summed E-state index contributed by atoms with van der Waals surface area (Å²) in [6.07, 6.45) is -2.27. The van der Waals surface area contributed by atoms with Crippen LogP contribution in [0.15, 0.2) is 0 Å². The Balaban J connectivity index is 1.97. The molecule has 1 fully saturated rings. The van der Waals surface area contributed by atoms with Gasteiger partial charge in [0.2, 0.25) is 5.88 Å². The molecule has 0 aliphatic heterocycles. The van der Waals surface area contributed by atoms with Crippen molar-refractivity contribution in [3.63, 3.8) is 0 Å². The SMILES string of the molecule is COc1c(CN[C@@H]2CCC[C@@H](C(F)(F)F)C2)c(C)nn1C. The van der Waals surface area contributed by atoms with Crippen molar-refractivity contribution in [1.29, 1.82) is 0 Å². The van der Waals surface area contributed by atoms with Crippen LogP contribution in [0, 0.1) is 12.8 Å². The number of methoxy groups -OCH3 is 1. The molecule has 0 aromatic carbocycles. The number of nitrogens with zero attached hydrogens (tertiary/aromatic N) is 2. The number of aryl methyl sites for hydroxylation is 2.